The summed E-state index contributed by atoms with van der Waals surface area (Å²) in [6.45, 7) is 12.4. The van der Waals surface area contributed by atoms with E-state index in [9.17, 15) is 4.79 Å². The SMILES string of the molecule is CC(C)CCC[C@@H](C)[C@H]1CC[C@H]2C3=CC=C4C[C@@H](OC(=O)c5ccccc5)CC[C@]4(C)[C@H]3CC[C@]12C. The van der Waals surface area contributed by atoms with Crippen LogP contribution in [0.5, 0.6) is 0 Å². The highest BCUT2D eigenvalue weighted by Gasteiger charge is 2.57. The second-order valence-corrected chi connectivity index (χ2v) is 13.5. The van der Waals surface area contributed by atoms with Crippen LogP contribution in [0.15, 0.2) is 53.6 Å². The Morgan fingerprint density at radius 3 is 2.47 bits per heavy atom. The minimum Gasteiger partial charge on any atom is -0.458 e. The zero-order chi connectivity index (χ0) is 25.5. The van der Waals surface area contributed by atoms with E-state index in [2.05, 4.69) is 46.8 Å². The molecule has 3 saturated carbocycles. The molecule has 1 aromatic carbocycles. The van der Waals surface area contributed by atoms with E-state index in [1.807, 2.05) is 30.3 Å². The quantitative estimate of drug-likeness (QED) is 0.358. The fraction of sp³-hybridized carbons (Fsp3) is 0.676. The number of allylic oxidation sites excluding steroid dienone is 3. The molecule has 2 heteroatoms. The van der Waals surface area contributed by atoms with Crippen molar-refractivity contribution in [2.45, 2.75) is 105 Å². The first kappa shape index (κ1) is 25.8. The molecule has 196 valence electrons. The van der Waals surface area contributed by atoms with Crippen molar-refractivity contribution in [3.8, 4) is 0 Å². The first-order chi connectivity index (χ1) is 17.2. The predicted molar refractivity (Wildman–Crippen MR) is 149 cm³/mol. The fourth-order valence-electron chi connectivity index (χ4n) is 8.89. The van der Waals surface area contributed by atoms with Crippen molar-refractivity contribution in [2.24, 2.45) is 40.4 Å². The zero-order valence-electron chi connectivity index (χ0n) is 23.4. The molecule has 0 amide bonds. The molecule has 0 aliphatic heterocycles. The Hall–Kier alpha value is -1.83. The van der Waals surface area contributed by atoms with Crippen LogP contribution in [0.1, 0.15) is 109 Å². The average Bonchev–Trinajstić information content (AvgIpc) is 3.22. The molecule has 4 aliphatic carbocycles. The highest BCUT2D eigenvalue weighted by Crippen LogP contribution is 2.66. The summed E-state index contributed by atoms with van der Waals surface area (Å²) in [6.07, 6.45) is 17.7. The third-order valence-electron chi connectivity index (χ3n) is 11.0. The Morgan fingerprint density at radius 2 is 1.72 bits per heavy atom. The Bertz CT molecular complexity index is 1000. The molecule has 36 heavy (non-hydrogen) atoms. The van der Waals surface area contributed by atoms with Crippen LogP contribution in [0.2, 0.25) is 0 Å². The third-order valence-corrected chi connectivity index (χ3v) is 11.0. The van der Waals surface area contributed by atoms with Gasteiger partial charge in [0.1, 0.15) is 6.10 Å². The molecule has 3 fully saturated rings. The number of carbonyl (C=O) groups excluding carboxylic acids is 1. The molecule has 0 bridgehead atoms. The van der Waals surface area contributed by atoms with Crippen LogP contribution in [0.4, 0.5) is 0 Å². The molecule has 5 rings (SSSR count). The van der Waals surface area contributed by atoms with Gasteiger partial charge in [0, 0.05) is 6.42 Å². The standard InChI is InChI=1S/C34H48O2/c1-23(2)10-9-11-24(3)29-16-17-30-28-15-14-26-22-27(36-32(35)25-12-7-6-8-13-25)18-20-33(26,4)31(28)19-21-34(29,30)5/h6-8,12-15,23-24,27,29-31H,9-11,16-22H2,1-5H3/t24-,27+,29-,30+,31+,33+,34-/m1/s1. The summed E-state index contributed by atoms with van der Waals surface area (Å²) >= 11 is 0. The van der Waals surface area contributed by atoms with Crippen molar-refractivity contribution in [2.75, 3.05) is 0 Å². The lowest BCUT2D eigenvalue weighted by atomic mass is 9.50. The summed E-state index contributed by atoms with van der Waals surface area (Å²) < 4.78 is 5.98. The number of ether oxygens (including phenoxy) is 1. The Morgan fingerprint density at radius 1 is 0.944 bits per heavy atom. The molecule has 0 aromatic heterocycles. The van der Waals surface area contributed by atoms with E-state index in [1.54, 1.807) is 5.57 Å². The number of rotatable bonds is 7. The molecule has 0 spiro atoms. The number of hydrogen-bond donors (Lipinski definition) is 0. The van der Waals surface area contributed by atoms with Gasteiger partial charge >= 0.3 is 5.97 Å². The maximum atomic E-state index is 12.7. The molecule has 0 heterocycles. The van der Waals surface area contributed by atoms with Gasteiger partial charge in [-0.05, 0) is 91.1 Å². The smallest absolute Gasteiger partial charge is 0.338 e. The number of carbonyl (C=O) groups is 1. The summed E-state index contributed by atoms with van der Waals surface area (Å²) in [7, 11) is 0. The molecular formula is C34H48O2. The Balaban J connectivity index is 1.29. The van der Waals surface area contributed by atoms with E-state index >= 15 is 0 Å². The van der Waals surface area contributed by atoms with Gasteiger partial charge in [0.25, 0.3) is 0 Å². The van der Waals surface area contributed by atoms with E-state index in [-0.39, 0.29) is 17.5 Å². The molecule has 4 aliphatic rings. The summed E-state index contributed by atoms with van der Waals surface area (Å²) in [5.74, 6) is 3.81. The Kier molecular flexibility index (Phi) is 7.27. The van der Waals surface area contributed by atoms with E-state index in [4.69, 9.17) is 4.74 Å². The molecule has 0 unspecified atom stereocenters. The number of hydrogen-bond acceptors (Lipinski definition) is 2. The zero-order valence-corrected chi connectivity index (χ0v) is 23.4. The van der Waals surface area contributed by atoms with Crippen molar-refractivity contribution >= 4 is 5.97 Å². The lowest BCUT2D eigenvalue weighted by Crippen LogP contribution is -2.46. The number of fused-ring (bicyclic) bond motifs is 5. The van der Waals surface area contributed by atoms with Crippen molar-refractivity contribution in [1.29, 1.82) is 0 Å². The van der Waals surface area contributed by atoms with Gasteiger partial charge in [0.2, 0.25) is 0 Å². The molecule has 2 nitrogen and oxygen atoms in total. The topological polar surface area (TPSA) is 26.3 Å². The lowest BCUT2D eigenvalue weighted by molar-refractivity contribution is 0.00572. The molecular weight excluding hydrogens is 440 g/mol. The molecule has 0 saturated heterocycles. The Labute approximate surface area is 220 Å². The summed E-state index contributed by atoms with van der Waals surface area (Å²) in [5, 5.41) is 0. The number of esters is 1. The van der Waals surface area contributed by atoms with Gasteiger partial charge in [-0.1, -0.05) is 95.4 Å². The van der Waals surface area contributed by atoms with Gasteiger partial charge in [-0.2, -0.15) is 0 Å². The van der Waals surface area contributed by atoms with Crippen molar-refractivity contribution < 1.29 is 9.53 Å². The minimum atomic E-state index is -0.176. The average molecular weight is 489 g/mol. The van der Waals surface area contributed by atoms with Crippen molar-refractivity contribution in [3.63, 3.8) is 0 Å². The van der Waals surface area contributed by atoms with Crippen LogP contribution < -0.4 is 0 Å². The fourth-order valence-corrected chi connectivity index (χ4v) is 8.89. The third kappa shape index (κ3) is 4.63. The molecule has 1 aromatic rings. The minimum absolute atomic E-state index is 0.00314. The van der Waals surface area contributed by atoms with Gasteiger partial charge in [-0.25, -0.2) is 4.79 Å². The van der Waals surface area contributed by atoms with Gasteiger partial charge in [-0.3, -0.25) is 0 Å². The van der Waals surface area contributed by atoms with E-state index < -0.39 is 0 Å². The lowest BCUT2D eigenvalue weighted by Gasteiger charge is -2.55. The first-order valence-electron chi connectivity index (χ1n) is 14.9. The molecule has 7 atom stereocenters. The highest BCUT2D eigenvalue weighted by molar-refractivity contribution is 5.89. The summed E-state index contributed by atoms with van der Waals surface area (Å²) in [6, 6.07) is 9.45. The highest BCUT2D eigenvalue weighted by atomic mass is 16.5. The molecule has 0 radical (unpaired) electrons. The van der Waals surface area contributed by atoms with E-state index in [1.165, 1.54) is 50.5 Å². The van der Waals surface area contributed by atoms with Crippen LogP contribution in [0, 0.1) is 40.4 Å². The predicted octanol–water partition coefficient (Wildman–Crippen LogP) is 9.17. The molecule has 0 N–H and O–H groups in total. The van der Waals surface area contributed by atoms with Gasteiger partial charge in [-0.15, -0.1) is 0 Å². The van der Waals surface area contributed by atoms with Crippen LogP contribution in [-0.2, 0) is 4.74 Å². The maximum Gasteiger partial charge on any atom is 0.338 e. The van der Waals surface area contributed by atoms with Crippen LogP contribution >= 0.6 is 0 Å². The largest absolute Gasteiger partial charge is 0.458 e. The van der Waals surface area contributed by atoms with Gasteiger partial charge in [0.15, 0.2) is 0 Å². The van der Waals surface area contributed by atoms with Gasteiger partial charge < -0.3 is 4.74 Å². The van der Waals surface area contributed by atoms with Crippen molar-refractivity contribution in [1.82, 2.24) is 0 Å². The second kappa shape index (κ2) is 10.1. The van der Waals surface area contributed by atoms with Crippen LogP contribution in [-0.4, -0.2) is 12.1 Å². The second-order valence-electron chi connectivity index (χ2n) is 13.5. The van der Waals surface area contributed by atoms with E-state index in [0.29, 0.717) is 16.9 Å². The monoisotopic (exact) mass is 488 g/mol. The first-order valence-corrected chi connectivity index (χ1v) is 14.9. The maximum absolute atomic E-state index is 12.7. The van der Waals surface area contributed by atoms with E-state index in [0.717, 1.165) is 42.9 Å². The normalized spacial score (nSPS) is 36.3. The van der Waals surface area contributed by atoms with Crippen LogP contribution in [0.3, 0.4) is 0 Å². The summed E-state index contributed by atoms with van der Waals surface area (Å²) in [4.78, 5) is 12.7. The van der Waals surface area contributed by atoms with Crippen molar-refractivity contribution in [3.05, 3.63) is 59.2 Å². The summed E-state index contributed by atoms with van der Waals surface area (Å²) in [5.41, 5.74) is 4.66. The van der Waals surface area contributed by atoms with Crippen LogP contribution in [0.25, 0.3) is 0 Å². The van der Waals surface area contributed by atoms with Gasteiger partial charge in [0.05, 0.1) is 5.56 Å². The number of benzene rings is 1.